The number of pyridine rings is 1. The first-order valence-electron chi connectivity index (χ1n) is 11.6. The highest BCUT2D eigenvalue weighted by molar-refractivity contribution is 7.56. The fraction of sp³-hybridized carbons (Fsp3) is 0.333. The quantitative estimate of drug-likeness (QED) is 0.122. The summed E-state index contributed by atoms with van der Waals surface area (Å²) in [6.07, 6.45) is 9.30. The van der Waals surface area contributed by atoms with E-state index >= 15 is 0 Å². The molecule has 37 heavy (non-hydrogen) atoms. The minimum atomic E-state index is 0.0273. The zero-order valence-electron chi connectivity index (χ0n) is 21.4. The Labute approximate surface area is 229 Å². The number of nitrogens with zero attached hydrogens (tertiary/aromatic N) is 4. The Balaban J connectivity index is 1.81. The molecule has 1 aromatic heterocycles. The number of nitrogen functional groups attached to an aromatic ring is 1. The van der Waals surface area contributed by atoms with E-state index in [1.807, 2.05) is 6.20 Å². The third kappa shape index (κ3) is 7.55. The molecule has 194 valence electrons. The van der Waals surface area contributed by atoms with E-state index in [0.29, 0.717) is 43.8 Å². The number of allylic oxidation sites excluding steroid dienone is 3. The number of benzene rings is 1. The molecule has 1 saturated heterocycles. The van der Waals surface area contributed by atoms with Crippen molar-refractivity contribution in [1.29, 1.82) is 10.7 Å². The van der Waals surface area contributed by atoms with Crippen molar-refractivity contribution in [3.05, 3.63) is 75.2 Å². The normalized spacial score (nSPS) is 15.6. The van der Waals surface area contributed by atoms with Gasteiger partial charge in [0.2, 0.25) is 0 Å². The molecular weight excluding hydrogens is 526 g/mol. The summed E-state index contributed by atoms with van der Waals surface area (Å²) in [5, 5.41) is 19.5. The van der Waals surface area contributed by atoms with E-state index in [9.17, 15) is 5.26 Å². The maximum atomic E-state index is 9.79. The van der Waals surface area contributed by atoms with Crippen LogP contribution in [-0.2, 0) is 6.61 Å². The van der Waals surface area contributed by atoms with E-state index < -0.39 is 0 Å². The molecule has 3 N–H and O–H groups in total. The van der Waals surface area contributed by atoms with Gasteiger partial charge < -0.3 is 15.4 Å². The van der Waals surface area contributed by atoms with Crippen molar-refractivity contribution in [2.45, 2.75) is 13.5 Å². The number of nitrogens with one attached hydrogen (secondary N) is 1. The lowest BCUT2D eigenvalue weighted by Gasteiger charge is -2.49. The van der Waals surface area contributed by atoms with Crippen molar-refractivity contribution in [2.75, 3.05) is 45.4 Å². The third-order valence-electron chi connectivity index (χ3n) is 5.82. The highest BCUT2D eigenvalue weighted by Crippen LogP contribution is 2.41. The van der Waals surface area contributed by atoms with Crippen LogP contribution in [0.1, 0.15) is 18.1 Å². The van der Waals surface area contributed by atoms with Gasteiger partial charge in [0, 0.05) is 72.7 Å². The average molecular weight is 557 g/mol. The predicted molar refractivity (Wildman–Crippen MR) is 156 cm³/mol. The second-order valence-electron chi connectivity index (χ2n) is 9.63. The summed E-state index contributed by atoms with van der Waals surface area (Å²) >= 11 is 12.4. The van der Waals surface area contributed by atoms with Crippen LogP contribution in [0.3, 0.4) is 0 Å². The van der Waals surface area contributed by atoms with Crippen molar-refractivity contribution < 1.29 is 4.74 Å². The van der Waals surface area contributed by atoms with Crippen LogP contribution in [0.2, 0.25) is 10.0 Å². The molecule has 0 unspecified atom stereocenters. The van der Waals surface area contributed by atoms with Crippen molar-refractivity contribution in [3.63, 3.8) is 0 Å². The molecule has 0 bridgehead atoms. The van der Waals surface area contributed by atoms with Gasteiger partial charge in [0.25, 0.3) is 0 Å². The van der Waals surface area contributed by atoms with Crippen LogP contribution in [0.15, 0.2) is 59.0 Å². The van der Waals surface area contributed by atoms with Crippen LogP contribution in [0.25, 0.3) is 0 Å². The molecule has 1 aromatic carbocycles. The maximum absolute atomic E-state index is 9.79. The Kier molecular flexibility index (Phi) is 9.73. The topological polar surface area (TPSA) is 111 Å². The third-order valence-corrected chi connectivity index (χ3v) is 7.86. The average Bonchev–Trinajstić information content (AvgIpc) is 2.81. The highest BCUT2D eigenvalue weighted by atomic mass is 35.5. The van der Waals surface area contributed by atoms with Gasteiger partial charge in [0.05, 0.1) is 21.3 Å². The molecule has 0 atom stereocenters. The summed E-state index contributed by atoms with van der Waals surface area (Å²) in [6.45, 7) is 8.84. The van der Waals surface area contributed by atoms with E-state index in [1.54, 1.807) is 37.5 Å². The Hall–Kier alpha value is -2.91. The van der Waals surface area contributed by atoms with Gasteiger partial charge in [0.15, 0.2) is 0 Å². The van der Waals surface area contributed by atoms with E-state index in [4.69, 9.17) is 39.1 Å². The number of halogens is 2. The molecule has 0 amide bonds. The monoisotopic (exact) mass is 556 g/mol. The smallest absolute Gasteiger partial charge is 0.120 e. The number of aliphatic imine (C=N–C) groups is 1. The van der Waals surface area contributed by atoms with E-state index in [2.05, 4.69) is 41.2 Å². The summed E-state index contributed by atoms with van der Waals surface area (Å²) in [5.74, 6) is 0.494. The van der Waals surface area contributed by atoms with Crippen LogP contribution in [-0.4, -0.2) is 61.4 Å². The van der Waals surface area contributed by atoms with E-state index in [1.165, 1.54) is 18.6 Å². The number of ether oxygens (including phenoxy) is 1. The van der Waals surface area contributed by atoms with Crippen LogP contribution >= 0.6 is 31.1 Å². The van der Waals surface area contributed by atoms with Gasteiger partial charge >= 0.3 is 0 Å². The van der Waals surface area contributed by atoms with Gasteiger partial charge in [-0.3, -0.25) is 15.4 Å². The molecule has 1 aliphatic rings. The van der Waals surface area contributed by atoms with Gasteiger partial charge in [-0.25, -0.2) is 0 Å². The zero-order valence-corrected chi connectivity index (χ0v) is 23.8. The summed E-state index contributed by atoms with van der Waals surface area (Å²) in [4.78, 5) is 10.2. The van der Waals surface area contributed by atoms with Crippen molar-refractivity contribution >= 4 is 48.7 Å². The first-order chi connectivity index (χ1) is 17.5. The fourth-order valence-electron chi connectivity index (χ4n) is 4.39. The highest BCUT2D eigenvalue weighted by Gasteiger charge is 2.37. The Morgan fingerprint density at radius 1 is 1.32 bits per heavy atom. The van der Waals surface area contributed by atoms with Gasteiger partial charge in [-0.1, -0.05) is 30.1 Å². The fourth-order valence-corrected chi connectivity index (χ4v) is 6.59. The lowest BCUT2D eigenvalue weighted by Crippen LogP contribution is -2.53. The molecule has 0 saturated carbocycles. The van der Waals surface area contributed by atoms with Crippen LogP contribution < -0.4 is 10.5 Å². The predicted octanol–water partition coefficient (Wildman–Crippen LogP) is 6.02. The molecule has 0 radical (unpaired) electrons. The SMILES string of the molecule is CN=C/C(=C\C(C#N)=C\N1CC(C)(CP(C)C)C1)C(=N)c1cc(OCc2c(Cl)cncc2Cl)ccc1N. The number of nitrogens with two attached hydrogens (primary N) is 1. The molecule has 0 spiro atoms. The van der Waals surface area contributed by atoms with Crippen molar-refractivity contribution in [1.82, 2.24) is 9.88 Å². The van der Waals surface area contributed by atoms with Crippen LogP contribution in [0.5, 0.6) is 5.75 Å². The summed E-state index contributed by atoms with van der Waals surface area (Å²) in [5.41, 5.74) is 9.04. The second kappa shape index (κ2) is 12.6. The van der Waals surface area contributed by atoms with Gasteiger partial charge in [-0.2, -0.15) is 5.26 Å². The number of rotatable bonds is 10. The second-order valence-corrected chi connectivity index (χ2v) is 12.9. The summed E-state index contributed by atoms with van der Waals surface area (Å²) in [7, 11) is 1.65. The first kappa shape index (κ1) is 28.7. The molecule has 2 aromatic rings. The Morgan fingerprint density at radius 2 is 2.00 bits per heavy atom. The van der Waals surface area contributed by atoms with Crippen LogP contribution in [0.4, 0.5) is 5.69 Å². The number of likely N-dealkylation sites (tertiary alicyclic amines) is 1. The van der Waals surface area contributed by atoms with Crippen LogP contribution in [0, 0.1) is 22.2 Å². The molecule has 3 rings (SSSR count). The van der Waals surface area contributed by atoms with Crippen molar-refractivity contribution in [3.8, 4) is 11.8 Å². The number of hydrogen-bond donors (Lipinski definition) is 2. The molecular formula is C27H31Cl2N6OP. The minimum Gasteiger partial charge on any atom is -0.489 e. The zero-order chi connectivity index (χ0) is 27.2. The number of anilines is 1. The first-order valence-corrected chi connectivity index (χ1v) is 14.8. The van der Waals surface area contributed by atoms with E-state index in [0.717, 1.165) is 13.1 Å². The summed E-state index contributed by atoms with van der Waals surface area (Å²) in [6, 6.07) is 7.31. The lowest BCUT2D eigenvalue weighted by molar-refractivity contribution is 0.0809. The lowest BCUT2D eigenvalue weighted by atomic mass is 9.84. The van der Waals surface area contributed by atoms with E-state index in [-0.39, 0.29) is 25.7 Å². The van der Waals surface area contributed by atoms with Gasteiger partial charge in [-0.05, 0) is 43.8 Å². The summed E-state index contributed by atoms with van der Waals surface area (Å²) < 4.78 is 5.89. The largest absolute Gasteiger partial charge is 0.489 e. The molecule has 10 heteroatoms. The molecule has 1 aliphatic heterocycles. The maximum Gasteiger partial charge on any atom is 0.120 e. The standard InChI is InChI=1S/C27H31Cl2N6OP/c1-27(17-37(3)4)15-35(16-27)13-18(9-30)7-19(10-33-2)26(32)21-8-20(5-6-25(21)31)36-14-22-23(28)11-34-12-24(22)29/h5-8,10-13,32H,14-17,31H2,1-4H3/b18-13-,19-7+,32-26?,33-10?. The molecule has 0 aliphatic carbocycles. The number of nitriles is 1. The van der Waals surface area contributed by atoms with Gasteiger partial charge in [0.1, 0.15) is 18.4 Å². The number of hydrogen-bond acceptors (Lipinski definition) is 7. The Morgan fingerprint density at radius 3 is 2.59 bits per heavy atom. The number of aromatic nitrogens is 1. The Bertz CT molecular complexity index is 1270. The van der Waals surface area contributed by atoms with Crippen molar-refractivity contribution in [2.24, 2.45) is 10.4 Å². The molecule has 1 fully saturated rings. The minimum absolute atomic E-state index is 0.0273. The van der Waals surface area contributed by atoms with Gasteiger partial charge in [-0.15, -0.1) is 7.92 Å². The molecule has 2 heterocycles. The molecule has 7 nitrogen and oxygen atoms in total.